The minimum absolute atomic E-state index is 0.0980. The van der Waals surface area contributed by atoms with Crippen LogP contribution < -0.4 is 16.0 Å². The van der Waals surface area contributed by atoms with E-state index in [1.54, 1.807) is 6.08 Å². The number of unbranched alkanes of at least 4 members (excludes halogenated alkanes) is 25. The predicted octanol–water partition coefficient (Wildman–Crippen LogP) is -2.78. The largest absolute Gasteiger partial charge is 0.477 e. The standard InChI is InChI=1S/C85H149N3O39/c1-6-8-10-12-14-16-18-20-21-23-25-27-29-31-33-35-60(103)88-50(51(98)34-32-30-28-26-24-22-19-17-15-13-11-9-7-2)45-116-79-68(109)67(108)72(58(43-93)119-79)122-81-70(111)77(127-85(83(114)115)38-53(100)62(87-48(5)97)75(125-85)64(105)55(102)40-90)73(59(44-94)120-81)123-78-49(36-46(3)95)71(65(106)56(41-91)117-78)121-80-69(110)76(66(107)57(42-92)118-80)126-84(82(112)113)37-52(99)61(86-47(4)96)74(124-84)63(104)54(101)39-89/h32,34,49-59,61-81,89-94,98-102,104-111H,6-31,33,35-45H2,1-5H3,(H,86,96)(H,87,97)(H,88,103)(H,112,113)(H,114,115)/t49-,50+,51-,52+,53+,54-,55-,56-,57-,58-,59-,61-,62-,63-,64-,65+,66+,67-,68-,69-,70-,71-,72-,73+,74?,75?,76+,77-,78+,79-,80+,81+,84+,85+/m1/s1. The van der Waals surface area contributed by atoms with Gasteiger partial charge in [0, 0.05) is 45.4 Å². The highest BCUT2D eigenvalue weighted by Gasteiger charge is 2.64. The van der Waals surface area contributed by atoms with Crippen LogP contribution in [0.4, 0.5) is 0 Å². The number of ether oxygens (including phenoxy) is 12. The number of ketones is 1. The number of nitrogens with one attached hydrogen (secondary N) is 3. The first-order valence-corrected chi connectivity index (χ1v) is 45.4. The van der Waals surface area contributed by atoms with E-state index in [0.29, 0.717) is 12.8 Å². The lowest BCUT2D eigenvalue weighted by atomic mass is 9.86. The highest BCUT2D eigenvalue weighted by Crippen LogP contribution is 2.44. The number of aliphatic hydroxyl groups excluding tert-OH is 19. The van der Waals surface area contributed by atoms with Crippen molar-refractivity contribution in [3.63, 3.8) is 0 Å². The first kappa shape index (κ1) is 111. The molecule has 6 aliphatic heterocycles. The van der Waals surface area contributed by atoms with Gasteiger partial charge in [0.25, 0.3) is 11.6 Å². The van der Waals surface area contributed by atoms with Crippen molar-refractivity contribution in [3.8, 4) is 0 Å². The Hall–Kier alpha value is -4.48. The SMILES string of the molecule is CCCCCCCCCCCCCC=C[C@@H](O)[C@H](CO[C@@H]1O[C@H](CO)[C@@H](O[C@@H]2O[C@H](CO)[C@H](O[C@@H]3O[C@H](CO)[C@H](O)[C@H](O[C@@H]4O[C@H](CO)[C@H](O)[C@H](O[C@]5(C(=O)O)C[C@H](O)[C@@H](NC(C)=O)C([C@H](O)[C@H](O)CO)O5)[C@H]4O)[C@H]3CC(C)=O)[C@H](O[C@]3(C(=O)O)C[C@H](O)[C@@H](NC(C)=O)C([C@H](O)[C@H](O)CO)O3)[C@H]2O)[C@H](O)[C@H]1O)NC(=O)CCCCCCCCCCCCCCCCC. The second-order valence-corrected chi connectivity index (χ2v) is 34.6. The zero-order chi connectivity index (χ0) is 93.8. The molecule has 2 unspecified atom stereocenters. The van der Waals surface area contributed by atoms with Gasteiger partial charge in [-0.05, 0) is 26.2 Å². The Labute approximate surface area is 740 Å². The summed E-state index contributed by atoms with van der Waals surface area (Å²) in [4.78, 5) is 79.7. The molecule has 24 N–H and O–H groups in total. The van der Waals surface area contributed by atoms with Crippen LogP contribution in [-0.4, -0.2) is 390 Å². The monoisotopic (exact) mass is 1840 g/mol. The van der Waals surface area contributed by atoms with E-state index < -0.39 is 308 Å². The van der Waals surface area contributed by atoms with Crippen LogP contribution >= 0.6 is 0 Å². The van der Waals surface area contributed by atoms with Crippen molar-refractivity contribution >= 4 is 35.4 Å². The third kappa shape index (κ3) is 32.7. The van der Waals surface area contributed by atoms with Crippen LogP contribution in [0.3, 0.4) is 0 Å². The molecule has 127 heavy (non-hydrogen) atoms. The van der Waals surface area contributed by atoms with Crippen LogP contribution in [-0.2, 0) is 85.6 Å². The minimum atomic E-state index is -3.48. The Morgan fingerprint density at radius 3 is 1.24 bits per heavy atom. The van der Waals surface area contributed by atoms with Crippen LogP contribution in [0.2, 0.25) is 0 Å². The lowest BCUT2D eigenvalue weighted by Gasteiger charge is -2.53. The van der Waals surface area contributed by atoms with E-state index >= 15 is 0 Å². The molecule has 6 heterocycles. The molecule has 0 aromatic heterocycles. The molecule has 6 fully saturated rings. The topological polar surface area (TPSA) is 674 Å². The third-order valence-electron chi connectivity index (χ3n) is 24.4. The molecule has 6 rings (SSSR count). The van der Waals surface area contributed by atoms with Crippen molar-refractivity contribution in [3.05, 3.63) is 12.2 Å². The molecular formula is C85H149N3O39. The number of aliphatic hydroxyl groups is 19. The molecular weight excluding hydrogens is 1690 g/mol. The molecule has 0 aliphatic carbocycles. The third-order valence-corrected chi connectivity index (χ3v) is 24.4. The Balaban J connectivity index is 1.30. The maximum atomic E-state index is 14.1. The second kappa shape index (κ2) is 56.6. The lowest BCUT2D eigenvalue weighted by molar-refractivity contribution is -0.408. The van der Waals surface area contributed by atoms with E-state index in [9.17, 15) is 136 Å². The van der Waals surface area contributed by atoms with Crippen molar-refractivity contribution in [1.29, 1.82) is 0 Å². The van der Waals surface area contributed by atoms with E-state index in [1.807, 2.05) is 0 Å². The number of carbonyl (C=O) groups excluding carboxylic acids is 4. The van der Waals surface area contributed by atoms with Gasteiger partial charge in [0.2, 0.25) is 17.7 Å². The van der Waals surface area contributed by atoms with E-state index in [4.69, 9.17) is 56.8 Å². The van der Waals surface area contributed by atoms with Crippen molar-refractivity contribution in [1.82, 2.24) is 16.0 Å². The fourth-order valence-electron chi connectivity index (χ4n) is 17.2. The fourth-order valence-corrected chi connectivity index (χ4v) is 17.2. The van der Waals surface area contributed by atoms with Crippen LogP contribution in [0.1, 0.15) is 234 Å². The number of carboxylic acids is 2. The van der Waals surface area contributed by atoms with Crippen molar-refractivity contribution in [2.24, 2.45) is 5.92 Å². The van der Waals surface area contributed by atoms with E-state index in [0.717, 1.165) is 85.0 Å². The van der Waals surface area contributed by atoms with Gasteiger partial charge in [0.05, 0.1) is 88.8 Å². The lowest BCUT2D eigenvalue weighted by Crippen LogP contribution is -2.71. The molecule has 0 bridgehead atoms. The van der Waals surface area contributed by atoms with Crippen LogP contribution in [0.5, 0.6) is 0 Å². The average molecular weight is 1840 g/mol. The normalized spacial score (nSPS) is 35.1. The number of rotatable bonds is 60. The number of hydrogen-bond acceptors (Lipinski definition) is 37. The number of carbonyl (C=O) groups is 6. The smallest absolute Gasteiger partial charge is 0.364 e. The van der Waals surface area contributed by atoms with Gasteiger partial charge in [-0.25, -0.2) is 9.59 Å². The molecule has 42 heteroatoms. The first-order valence-electron chi connectivity index (χ1n) is 45.4. The van der Waals surface area contributed by atoms with Crippen molar-refractivity contribution < 1.29 is 193 Å². The number of aliphatic carboxylic acids is 2. The Morgan fingerprint density at radius 1 is 0.433 bits per heavy atom. The molecule has 42 nitrogen and oxygen atoms in total. The fraction of sp³-hybridized carbons (Fsp3) is 0.906. The number of allylic oxidation sites excluding steroid dienone is 1. The molecule has 0 aromatic rings. The van der Waals surface area contributed by atoms with Crippen molar-refractivity contribution in [2.75, 3.05) is 46.2 Å². The number of hydrogen-bond donors (Lipinski definition) is 24. The summed E-state index contributed by atoms with van der Waals surface area (Å²) in [6, 6.07) is -4.77. The Kier molecular flexibility index (Phi) is 49.6. The summed E-state index contributed by atoms with van der Waals surface area (Å²) < 4.78 is 72.7. The van der Waals surface area contributed by atoms with Crippen molar-refractivity contribution in [2.45, 2.75) is 435 Å². The van der Waals surface area contributed by atoms with Gasteiger partial charge in [-0.2, -0.15) is 0 Å². The summed E-state index contributed by atoms with van der Waals surface area (Å²) in [5.41, 5.74) is 0. The van der Waals surface area contributed by atoms with Gasteiger partial charge in [-0.1, -0.05) is 180 Å². The van der Waals surface area contributed by atoms with E-state index in [2.05, 4.69) is 29.8 Å². The van der Waals surface area contributed by atoms with Gasteiger partial charge in [0.1, 0.15) is 128 Å². The highest BCUT2D eigenvalue weighted by atomic mass is 16.8. The molecule has 6 aliphatic rings. The number of amides is 3. The zero-order valence-corrected chi connectivity index (χ0v) is 73.7. The summed E-state index contributed by atoms with van der Waals surface area (Å²) in [5, 5.41) is 245. The Morgan fingerprint density at radius 2 is 0.811 bits per heavy atom. The summed E-state index contributed by atoms with van der Waals surface area (Å²) in [6.07, 6.45) is -32.4. The number of carboxylic acid groups (broad SMARTS) is 2. The van der Waals surface area contributed by atoms with Crippen LogP contribution in [0.25, 0.3) is 0 Å². The molecule has 0 aromatic carbocycles. The summed E-state index contributed by atoms with van der Waals surface area (Å²) in [6.45, 7) is -0.630. The second-order valence-electron chi connectivity index (χ2n) is 34.6. The average Bonchev–Trinajstić information content (AvgIpc) is 0.749. The van der Waals surface area contributed by atoms with E-state index in [1.165, 1.54) is 102 Å². The Bertz CT molecular complexity index is 3200. The summed E-state index contributed by atoms with van der Waals surface area (Å²) in [7, 11) is 0. The van der Waals surface area contributed by atoms with E-state index in [-0.39, 0.29) is 6.42 Å². The van der Waals surface area contributed by atoms with Gasteiger partial charge >= 0.3 is 11.9 Å². The first-order chi connectivity index (χ1) is 60.6. The molecule has 0 radical (unpaired) electrons. The molecule has 34 atom stereocenters. The maximum absolute atomic E-state index is 14.1. The van der Waals surface area contributed by atoms with Gasteiger partial charge in [-0.3, -0.25) is 14.4 Å². The van der Waals surface area contributed by atoms with Crippen LogP contribution in [0.15, 0.2) is 12.2 Å². The molecule has 738 valence electrons. The van der Waals surface area contributed by atoms with Gasteiger partial charge in [-0.15, -0.1) is 0 Å². The minimum Gasteiger partial charge on any atom is -0.477 e. The number of Topliss-reactive ketones (excluding diaryl/α,β-unsaturated/α-hetero) is 1. The predicted molar refractivity (Wildman–Crippen MR) is 441 cm³/mol. The molecule has 0 spiro atoms. The quantitative estimate of drug-likeness (QED) is 0.0216. The highest BCUT2D eigenvalue weighted by molar-refractivity contribution is 5.78. The van der Waals surface area contributed by atoms with Gasteiger partial charge in [0.15, 0.2) is 25.2 Å². The van der Waals surface area contributed by atoms with Gasteiger partial charge < -0.3 is 185 Å². The molecule has 6 saturated heterocycles. The summed E-state index contributed by atoms with van der Waals surface area (Å²) in [5.74, 6) is -16.1. The molecule has 0 saturated carbocycles. The zero-order valence-electron chi connectivity index (χ0n) is 73.7. The van der Waals surface area contributed by atoms with Crippen LogP contribution in [0, 0.1) is 5.92 Å². The molecule has 3 amide bonds. The summed E-state index contributed by atoms with van der Waals surface area (Å²) >= 11 is 0. The maximum Gasteiger partial charge on any atom is 0.364 e.